The van der Waals surface area contributed by atoms with Gasteiger partial charge in [0.05, 0.1) is 12.1 Å². The zero-order valence-electron chi connectivity index (χ0n) is 20.5. The molecule has 0 bridgehead atoms. The number of rotatable bonds is 8. The van der Waals surface area contributed by atoms with Crippen molar-refractivity contribution in [1.82, 2.24) is 10.3 Å². The van der Waals surface area contributed by atoms with E-state index in [0.717, 1.165) is 20.5 Å². The standard InChI is InChI=1S/C28H24N4O4S2/c1-15-13-23(31-35-15)29-27(21-5-3-11-37-21)25-17-7-10-20(34)26(18(17)8-9-19(25)33)28(22-6-4-12-38-22)30-24-14-16(2)36-32-24/h3-14,27-28,33-34H,1-2H3,(H,29,31)(H,30,32)/t27-,28-/m0/s1. The van der Waals surface area contributed by atoms with Crippen LogP contribution >= 0.6 is 22.7 Å². The second-order valence-corrected chi connectivity index (χ2v) is 10.9. The molecule has 0 amide bonds. The van der Waals surface area contributed by atoms with E-state index in [0.29, 0.717) is 34.3 Å². The van der Waals surface area contributed by atoms with Crippen molar-refractivity contribution in [3.8, 4) is 11.5 Å². The molecular formula is C28H24N4O4S2. The molecule has 0 unspecified atom stereocenters. The summed E-state index contributed by atoms with van der Waals surface area (Å²) in [5.41, 5.74) is 1.35. The van der Waals surface area contributed by atoms with Crippen LogP contribution in [-0.2, 0) is 0 Å². The van der Waals surface area contributed by atoms with Crippen LogP contribution in [0.15, 0.2) is 80.5 Å². The zero-order valence-corrected chi connectivity index (χ0v) is 22.1. The topological polar surface area (TPSA) is 117 Å². The van der Waals surface area contributed by atoms with Gasteiger partial charge in [0, 0.05) is 33.0 Å². The maximum atomic E-state index is 11.2. The van der Waals surface area contributed by atoms with E-state index in [1.807, 2.05) is 73.1 Å². The Kier molecular flexibility index (Phi) is 6.26. The summed E-state index contributed by atoms with van der Waals surface area (Å²) in [5, 5.41) is 43.1. The fourth-order valence-corrected chi connectivity index (χ4v) is 6.25. The minimum Gasteiger partial charge on any atom is -0.508 e. The first-order chi connectivity index (χ1) is 18.5. The average Bonchev–Trinajstić information content (AvgIpc) is 3.71. The first-order valence-corrected chi connectivity index (χ1v) is 13.7. The Labute approximate surface area is 226 Å². The molecule has 192 valence electrons. The number of anilines is 2. The van der Waals surface area contributed by atoms with Gasteiger partial charge in [-0.1, -0.05) is 34.6 Å². The quantitative estimate of drug-likeness (QED) is 0.157. The molecule has 4 N–H and O–H groups in total. The van der Waals surface area contributed by atoms with E-state index in [4.69, 9.17) is 9.05 Å². The summed E-state index contributed by atoms with van der Waals surface area (Å²) in [6.45, 7) is 3.66. The normalized spacial score (nSPS) is 13.0. The van der Waals surface area contributed by atoms with Crippen molar-refractivity contribution in [2.75, 3.05) is 10.6 Å². The van der Waals surface area contributed by atoms with Gasteiger partial charge in [0.1, 0.15) is 23.0 Å². The van der Waals surface area contributed by atoms with Crippen LogP contribution < -0.4 is 10.6 Å². The molecule has 38 heavy (non-hydrogen) atoms. The number of benzene rings is 2. The lowest BCUT2D eigenvalue weighted by Gasteiger charge is -2.24. The van der Waals surface area contributed by atoms with Gasteiger partial charge in [-0.2, -0.15) is 0 Å². The number of phenolic OH excluding ortho intramolecular Hbond substituents is 2. The summed E-state index contributed by atoms with van der Waals surface area (Å²) in [6.07, 6.45) is 0. The lowest BCUT2D eigenvalue weighted by atomic mass is 9.90. The van der Waals surface area contributed by atoms with Gasteiger partial charge in [-0.05, 0) is 59.6 Å². The lowest BCUT2D eigenvalue weighted by molar-refractivity contribution is 0.399. The van der Waals surface area contributed by atoms with E-state index in [9.17, 15) is 10.2 Å². The summed E-state index contributed by atoms with van der Waals surface area (Å²) in [5.74, 6) is 2.76. The third kappa shape index (κ3) is 4.48. The predicted molar refractivity (Wildman–Crippen MR) is 149 cm³/mol. The molecule has 6 rings (SSSR count). The summed E-state index contributed by atoms with van der Waals surface area (Å²) >= 11 is 3.15. The maximum absolute atomic E-state index is 11.2. The van der Waals surface area contributed by atoms with Crippen molar-refractivity contribution in [2.45, 2.75) is 25.9 Å². The van der Waals surface area contributed by atoms with Crippen molar-refractivity contribution in [3.05, 3.63) is 104 Å². The maximum Gasteiger partial charge on any atom is 0.170 e. The van der Waals surface area contributed by atoms with E-state index >= 15 is 0 Å². The third-order valence-corrected chi connectivity index (χ3v) is 8.19. The number of hydrogen-bond donors (Lipinski definition) is 4. The van der Waals surface area contributed by atoms with Gasteiger partial charge >= 0.3 is 0 Å². The second kappa shape index (κ2) is 9.88. The second-order valence-electron chi connectivity index (χ2n) is 8.92. The van der Waals surface area contributed by atoms with Crippen LogP contribution in [0.3, 0.4) is 0 Å². The fourth-order valence-electron chi connectivity index (χ4n) is 4.68. The molecule has 10 heteroatoms. The van der Waals surface area contributed by atoms with Crippen molar-refractivity contribution in [3.63, 3.8) is 0 Å². The third-order valence-electron chi connectivity index (χ3n) is 6.31. The Bertz CT molecular complexity index is 1560. The molecule has 4 heterocycles. The van der Waals surface area contributed by atoms with Crippen LogP contribution in [0.25, 0.3) is 10.8 Å². The number of nitrogens with zero attached hydrogens (tertiary/aromatic N) is 2. The van der Waals surface area contributed by atoms with Gasteiger partial charge in [0.25, 0.3) is 0 Å². The number of nitrogens with one attached hydrogen (secondary N) is 2. The molecule has 0 radical (unpaired) electrons. The van der Waals surface area contributed by atoms with Crippen LogP contribution in [0.5, 0.6) is 11.5 Å². The summed E-state index contributed by atoms with van der Waals surface area (Å²) in [4.78, 5) is 1.99. The van der Waals surface area contributed by atoms with E-state index in [1.165, 1.54) is 0 Å². The van der Waals surface area contributed by atoms with Crippen molar-refractivity contribution in [1.29, 1.82) is 0 Å². The Hall–Kier alpha value is -4.28. The van der Waals surface area contributed by atoms with E-state index < -0.39 is 12.1 Å². The van der Waals surface area contributed by atoms with Gasteiger partial charge < -0.3 is 29.9 Å². The van der Waals surface area contributed by atoms with Crippen molar-refractivity contribution < 1.29 is 19.3 Å². The van der Waals surface area contributed by atoms with Gasteiger partial charge in [-0.25, -0.2) is 0 Å². The molecule has 0 saturated carbocycles. The molecule has 2 aromatic carbocycles. The number of aromatic hydroxyl groups is 2. The molecule has 6 aromatic rings. The zero-order chi connectivity index (χ0) is 26.2. The predicted octanol–water partition coefficient (Wildman–Crippen LogP) is 7.37. The highest BCUT2D eigenvalue weighted by Crippen LogP contribution is 2.45. The number of aryl methyl sites for hydroxylation is 2. The number of phenols is 2. The molecule has 0 aliphatic heterocycles. The van der Waals surface area contributed by atoms with Crippen LogP contribution in [0.4, 0.5) is 11.6 Å². The molecule has 8 nitrogen and oxygen atoms in total. The van der Waals surface area contributed by atoms with E-state index in [-0.39, 0.29) is 11.5 Å². The SMILES string of the molecule is Cc1cc(N[C@@H](c2cccs2)c2c(O)ccc3c([C@@H](Nc4cc(C)on4)c4cccs4)c(O)ccc23)no1. The molecule has 2 atom stereocenters. The van der Waals surface area contributed by atoms with Gasteiger partial charge in [0.2, 0.25) is 0 Å². The highest BCUT2D eigenvalue weighted by molar-refractivity contribution is 7.10. The number of aromatic nitrogens is 2. The summed E-state index contributed by atoms with van der Waals surface area (Å²) in [6, 6.07) is 17.8. The lowest BCUT2D eigenvalue weighted by Crippen LogP contribution is -2.14. The molecule has 0 aliphatic carbocycles. The Morgan fingerprint density at radius 1 is 0.684 bits per heavy atom. The van der Waals surface area contributed by atoms with Gasteiger partial charge in [-0.3, -0.25) is 0 Å². The highest BCUT2D eigenvalue weighted by Gasteiger charge is 2.27. The monoisotopic (exact) mass is 544 g/mol. The minimum atomic E-state index is -0.410. The molecule has 0 spiro atoms. The summed E-state index contributed by atoms with van der Waals surface area (Å²) < 4.78 is 10.6. The smallest absolute Gasteiger partial charge is 0.170 e. The first-order valence-electron chi connectivity index (χ1n) is 11.9. The van der Waals surface area contributed by atoms with Gasteiger partial charge in [-0.15, -0.1) is 22.7 Å². The molecule has 0 fully saturated rings. The minimum absolute atomic E-state index is 0.132. The van der Waals surface area contributed by atoms with Crippen LogP contribution in [0, 0.1) is 13.8 Å². The molecule has 0 saturated heterocycles. The van der Waals surface area contributed by atoms with Crippen LogP contribution in [0.1, 0.15) is 44.5 Å². The van der Waals surface area contributed by atoms with Crippen LogP contribution in [0.2, 0.25) is 0 Å². The largest absolute Gasteiger partial charge is 0.508 e. The summed E-state index contributed by atoms with van der Waals surface area (Å²) in [7, 11) is 0. The van der Waals surface area contributed by atoms with Gasteiger partial charge in [0.15, 0.2) is 11.6 Å². The number of thiophene rings is 2. The van der Waals surface area contributed by atoms with Crippen molar-refractivity contribution in [2.24, 2.45) is 0 Å². The first kappa shape index (κ1) is 24.1. The molecule has 0 aliphatic rings. The number of hydrogen-bond acceptors (Lipinski definition) is 10. The Balaban J connectivity index is 1.54. The average molecular weight is 545 g/mol. The molecule has 4 aromatic heterocycles. The van der Waals surface area contributed by atoms with Crippen molar-refractivity contribution >= 4 is 45.1 Å². The number of fused-ring (bicyclic) bond motifs is 1. The Morgan fingerprint density at radius 2 is 1.13 bits per heavy atom. The Morgan fingerprint density at radius 3 is 1.47 bits per heavy atom. The van der Waals surface area contributed by atoms with Crippen LogP contribution in [-0.4, -0.2) is 20.5 Å². The highest BCUT2D eigenvalue weighted by atomic mass is 32.1. The van der Waals surface area contributed by atoms with E-state index in [1.54, 1.807) is 34.8 Å². The fraction of sp³-hybridized carbons (Fsp3) is 0.143. The molecular weight excluding hydrogens is 520 g/mol. The van der Waals surface area contributed by atoms with E-state index in [2.05, 4.69) is 20.9 Å².